The minimum absolute atomic E-state index is 0.219. The van der Waals surface area contributed by atoms with Gasteiger partial charge in [0.2, 0.25) is 0 Å². The van der Waals surface area contributed by atoms with Gasteiger partial charge in [0.05, 0.1) is 12.0 Å². The monoisotopic (exact) mass is 346 g/mol. The van der Waals surface area contributed by atoms with Crippen LogP contribution >= 0.6 is 0 Å². The number of ether oxygens (including phenoxy) is 1. The van der Waals surface area contributed by atoms with Gasteiger partial charge < -0.3 is 9.72 Å². The maximum atomic E-state index is 12.5. The van der Waals surface area contributed by atoms with Crippen molar-refractivity contribution in [2.75, 3.05) is 13.1 Å². The topological polar surface area (TPSA) is 45.3 Å². The van der Waals surface area contributed by atoms with Crippen LogP contribution in [0, 0.1) is 0 Å². The summed E-state index contributed by atoms with van der Waals surface area (Å²) in [5.74, 6) is 0.978. The number of piperidine rings is 1. The molecule has 0 saturated carbocycles. The molecule has 1 aromatic heterocycles. The van der Waals surface area contributed by atoms with Gasteiger partial charge in [-0.15, -0.1) is 0 Å². The number of carbonyl (C=O) groups excluding carboxylic acids is 1. The van der Waals surface area contributed by atoms with E-state index in [1.54, 1.807) is 0 Å². The Balaban J connectivity index is 1.30. The number of para-hydroxylation sites is 2. The second-order valence-electron chi connectivity index (χ2n) is 7.52. The largest absolute Gasteiger partial charge is 0.486 e. The van der Waals surface area contributed by atoms with E-state index >= 15 is 0 Å². The zero-order valence-electron chi connectivity index (χ0n) is 14.7. The SMILES string of the molecule is O=C1CC2(CCN(Cc3c[nH]c4ccccc34)CC2)Oc2ccccc21. The normalized spacial score (nSPS) is 19.5. The molecule has 0 atom stereocenters. The van der Waals surface area contributed by atoms with E-state index in [0.717, 1.165) is 43.8 Å². The van der Waals surface area contributed by atoms with Crippen LogP contribution in [0.25, 0.3) is 10.9 Å². The summed E-state index contributed by atoms with van der Waals surface area (Å²) in [6, 6.07) is 16.1. The molecule has 1 spiro atoms. The van der Waals surface area contributed by atoms with Gasteiger partial charge in [-0.05, 0) is 23.8 Å². The van der Waals surface area contributed by atoms with Crippen LogP contribution in [0.3, 0.4) is 0 Å². The molecule has 1 fully saturated rings. The van der Waals surface area contributed by atoms with Gasteiger partial charge in [-0.1, -0.05) is 30.3 Å². The van der Waals surface area contributed by atoms with Crippen molar-refractivity contribution in [1.82, 2.24) is 9.88 Å². The predicted molar refractivity (Wildman–Crippen MR) is 102 cm³/mol. The number of ketones is 1. The summed E-state index contributed by atoms with van der Waals surface area (Å²) in [5.41, 5.74) is 2.94. The lowest BCUT2D eigenvalue weighted by molar-refractivity contribution is -0.0106. The van der Waals surface area contributed by atoms with Crippen LogP contribution in [-0.4, -0.2) is 34.4 Å². The summed E-state index contributed by atoms with van der Waals surface area (Å²) >= 11 is 0. The lowest BCUT2D eigenvalue weighted by atomic mass is 9.82. The fraction of sp³-hybridized carbons (Fsp3) is 0.318. The molecular weight excluding hydrogens is 324 g/mol. The van der Waals surface area contributed by atoms with E-state index in [4.69, 9.17) is 4.74 Å². The number of hydrogen-bond donors (Lipinski definition) is 1. The van der Waals surface area contributed by atoms with Crippen molar-refractivity contribution in [1.29, 1.82) is 0 Å². The highest BCUT2D eigenvalue weighted by Gasteiger charge is 2.42. The molecule has 4 heteroatoms. The molecule has 4 nitrogen and oxygen atoms in total. The van der Waals surface area contributed by atoms with Crippen LogP contribution in [-0.2, 0) is 6.54 Å². The maximum absolute atomic E-state index is 12.5. The van der Waals surface area contributed by atoms with Crippen molar-refractivity contribution < 1.29 is 9.53 Å². The molecule has 5 rings (SSSR count). The molecule has 2 aliphatic rings. The lowest BCUT2D eigenvalue weighted by Gasteiger charge is -2.44. The van der Waals surface area contributed by atoms with E-state index in [9.17, 15) is 4.79 Å². The number of likely N-dealkylation sites (tertiary alicyclic amines) is 1. The number of nitrogens with zero attached hydrogens (tertiary/aromatic N) is 1. The van der Waals surface area contributed by atoms with E-state index in [1.165, 1.54) is 16.5 Å². The van der Waals surface area contributed by atoms with Crippen LogP contribution < -0.4 is 4.74 Å². The van der Waals surface area contributed by atoms with E-state index in [0.29, 0.717) is 6.42 Å². The first-order valence-electron chi connectivity index (χ1n) is 9.31. The first-order valence-corrected chi connectivity index (χ1v) is 9.31. The molecule has 2 aromatic carbocycles. The number of aromatic nitrogens is 1. The summed E-state index contributed by atoms with van der Waals surface area (Å²) in [4.78, 5) is 18.4. The molecule has 3 aromatic rings. The minimum Gasteiger partial charge on any atom is -0.486 e. The highest BCUT2D eigenvalue weighted by atomic mass is 16.5. The van der Waals surface area contributed by atoms with Gasteiger partial charge in [0.15, 0.2) is 5.78 Å². The first kappa shape index (κ1) is 15.6. The van der Waals surface area contributed by atoms with Crippen molar-refractivity contribution in [3.63, 3.8) is 0 Å². The number of nitrogens with one attached hydrogen (secondary N) is 1. The summed E-state index contributed by atoms with van der Waals surface area (Å²) in [5, 5.41) is 1.30. The minimum atomic E-state index is -0.317. The average Bonchev–Trinajstić information content (AvgIpc) is 3.07. The van der Waals surface area contributed by atoms with E-state index in [2.05, 4.69) is 40.3 Å². The molecule has 1 N–H and O–H groups in total. The Morgan fingerprint density at radius 2 is 1.81 bits per heavy atom. The molecule has 0 bridgehead atoms. The summed E-state index contributed by atoms with van der Waals surface area (Å²) < 4.78 is 6.33. The fourth-order valence-electron chi connectivity index (χ4n) is 4.34. The maximum Gasteiger partial charge on any atom is 0.170 e. The van der Waals surface area contributed by atoms with Crippen molar-refractivity contribution >= 4 is 16.7 Å². The number of rotatable bonds is 2. The van der Waals surface area contributed by atoms with Gasteiger partial charge in [0, 0.05) is 49.6 Å². The zero-order chi connectivity index (χ0) is 17.6. The standard InChI is InChI=1S/C22H22N2O2/c25-20-13-22(26-21-8-4-2-6-18(20)21)9-11-24(12-10-22)15-16-14-23-19-7-3-1-5-17(16)19/h1-8,14,23H,9-13,15H2. The summed E-state index contributed by atoms with van der Waals surface area (Å²) in [7, 11) is 0. The van der Waals surface area contributed by atoms with Gasteiger partial charge in [-0.3, -0.25) is 9.69 Å². The number of carbonyl (C=O) groups is 1. The number of aromatic amines is 1. The third kappa shape index (κ3) is 2.61. The molecule has 2 aliphatic heterocycles. The molecule has 0 unspecified atom stereocenters. The molecule has 26 heavy (non-hydrogen) atoms. The van der Waals surface area contributed by atoms with Crippen LogP contribution in [0.1, 0.15) is 35.2 Å². The third-order valence-electron chi connectivity index (χ3n) is 5.83. The predicted octanol–water partition coefficient (Wildman–Crippen LogP) is 4.17. The van der Waals surface area contributed by atoms with Crippen molar-refractivity contribution in [2.45, 2.75) is 31.4 Å². The molecular formula is C22H22N2O2. The van der Waals surface area contributed by atoms with Gasteiger partial charge in [-0.2, -0.15) is 0 Å². The van der Waals surface area contributed by atoms with Crippen LogP contribution in [0.2, 0.25) is 0 Å². The summed E-state index contributed by atoms with van der Waals surface area (Å²) in [6.07, 6.45) is 4.42. The highest BCUT2D eigenvalue weighted by molar-refractivity contribution is 6.00. The van der Waals surface area contributed by atoms with Crippen LogP contribution in [0.5, 0.6) is 5.75 Å². The molecule has 3 heterocycles. The van der Waals surface area contributed by atoms with Gasteiger partial charge in [0.25, 0.3) is 0 Å². The van der Waals surface area contributed by atoms with E-state index in [1.807, 2.05) is 24.3 Å². The third-order valence-corrected chi connectivity index (χ3v) is 5.83. The number of H-pyrrole nitrogens is 1. The van der Waals surface area contributed by atoms with Crippen molar-refractivity contribution in [3.8, 4) is 5.75 Å². The zero-order valence-corrected chi connectivity index (χ0v) is 14.7. The molecule has 1 saturated heterocycles. The Bertz CT molecular complexity index is 967. The Morgan fingerprint density at radius 1 is 1.04 bits per heavy atom. The Kier molecular flexibility index (Phi) is 3.61. The fourth-order valence-corrected chi connectivity index (χ4v) is 4.34. The van der Waals surface area contributed by atoms with Gasteiger partial charge >= 0.3 is 0 Å². The number of hydrogen-bond acceptors (Lipinski definition) is 3. The van der Waals surface area contributed by atoms with Gasteiger partial charge in [0.1, 0.15) is 11.4 Å². The lowest BCUT2D eigenvalue weighted by Crippen LogP contribution is -2.50. The first-order chi connectivity index (χ1) is 12.7. The van der Waals surface area contributed by atoms with Crippen molar-refractivity contribution in [2.24, 2.45) is 0 Å². The molecule has 132 valence electrons. The second-order valence-corrected chi connectivity index (χ2v) is 7.52. The Hall–Kier alpha value is -2.59. The van der Waals surface area contributed by atoms with Gasteiger partial charge in [-0.25, -0.2) is 0 Å². The number of fused-ring (bicyclic) bond motifs is 2. The van der Waals surface area contributed by atoms with E-state index in [-0.39, 0.29) is 11.4 Å². The Morgan fingerprint density at radius 3 is 2.69 bits per heavy atom. The van der Waals surface area contributed by atoms with E-state index < -0.39 is 0 Å². The number of benzene rings is 2. The average molecular weight is 346 g/mol. The quantitative estimate of drug-likeness (QED) is 0.757. The van der Waals surface area contributed by atoms with Crippen LogP contribution in [0.15, 0.2) is 54.7 Å². The molecule has 0 amide bonds. The molecule has 0 aliphatic carbocycles. The second kappa shape index (κ2) is 5.99. The highest BCUT2D eigenvalue weighted by Crippen LogP contribution is 2.39. The smallest absolute Gasteiger partial charge is 0.170 e. The molecule has 0 radical (unpaired) electrons. The summed E-state index contributed by atoms with van der Waals surface area (Å²) in [6.45, 7) is 2.84. The van der Waals surface area contributed by atoms with Crippen LogP contribution in [0.4, 0.5) is 0 Å². The Labute approximate surface area is 152 Å². The number of Topliss-reactive ketones (excluding diaryl/α,β-unsaturated/α-hetero) is 1. The van der Waals surface area contributed by atoms with Crippen molar-refractivity contribution in [3.05, 3.63) is 65.9 Å².